The van der Waals surface area contributed by atoms with Crippen LogP contribution in [0.4, 0.5) is 18.9 Å². The minimum Gasteiger partial charge on any atom is -0.387 e. The van der Waals surface area contributed by atoms with Gasteiger partial charge in [-0.2, -0.15) is 13.2 Å². The van der Waals surface area contributed by atoms with E-state index in [-0.39, 0.29) is 6.54 Å². The van der Waals surface area contributed by atoms with E-state index >= 15 is 0 Å². The molecular weight excluding hydrogens is 307 g/mol. The van der Waals surface area contributed by atoms with Crippen LogP contribution in [0.15, 0.2) is 30.2 Å². The number of hydrogen-bond acceptors (Lipinski definition) is 3. The van der Waals surface area contributed by atoms with Crippen molar-refractivity contribution in [2.75, 3.05) is 24.5 Å². The van der Waals surface area contributed by atoms with Gasteiger partial charge < -0.3 is 14.8 Å². The maximum absolute atomic E-state index is 12.4. The van der Waals surface area contributed by atoms with Gasteiger partial charge in [-0.1, -0.05) is 13.3 Å². The monoisotopic (exact) mass is 329 g/mol. The highest BCUT2D eigenvalue weighted by Crippen LogP contribution is 2.20. The van der Waals surface area contributed by atoms with E-state index in [9.17, 15) is 18.0 Å². The molecule has 7 heteroatoms. The Labute approximate surface area is 134 Å². The van der Waals surface area contributed by atoms with Gasteiger partial charge in [0.2, 0.25) is 0 Å². The second-order valence-electron chi connectivity index (χ2n) is 5.69. The Morgan fingerprint density at radius 1 is 1.43 bits per heavy atom. The Kier molecular flexibility index (Phi) is 5.74. The van der Waals surface area contributed by atoms with E-state index in [1.165, 1.54) is 0 Å². The first-order chi connectivity index (χ1) is 10.9. The van der Waals surface area contributed by atoms with E-state index in [0.29, 0.717) is 18.3 Å². The standard InChI is InChI=1S/C16H22F3N3O/c1-2-3-7-21-9-5-14(12-21)22-8-4-6-20-13(11-22)10-15(23)16(17,18)19/h5,9-10,12,20H,2-4,6-8,11H2,1H3/b13-10-. The third-order valence-electron chi connectivity index (χ3n) is 3.77. The van der Waals surface area contributed by atoms with Crippen LogP contribution in [-0.4, -0.2) is 36.2 Å². The number of nitrogens with one attached hydrogen (secondary N) is 1. The van der Waals surface area contributed by atoms with Crippen LogP contribution >= 0.6 is 0 Å². The zero-order chi connectivity index (χ0) is 16.9. The largest absolute Gasteiger partial charge is 0.454 e. The molecule has 23 heavy (non-hydrogen) atoms. The van der Waals surface area contributed by atoms with Crippen LogP contribution in [0.25, 0.3) is 0 Å². The molecule has 0 bridgehead atoms. The van der Waals surface area contributed by atoms with Gasteiger partial charge >= 0.3 is 6.18 Å². The fraction of sp³-hybridized carbons (Fsp3) is 0.562. The summed E-state index contributed by atoms with van der Waals surface area (Å²) in [6.45, 7) is 4.63. The molecule has 0 aromatic carbocycles. The third kappa shape index (κ3) is 5.04. The van der Waals surface area contributed by atoms with Crippen molar-refractivity contribution in [3.05, 3.63) is 30.2 Å². The van der Waals surface area contributed by atoms with E-state index in [1.54, 1.807) is 0 Å². The molecule has 4 nitrogen and oxygen atoms in total. The highest BCUT2D eigenvalue weighted by molar-refractivity contribution is 5.95. The van der Waals surface area contributed by atoms with Crippen molar-refractivity contribution >= 4 is 11.5 Å². The van der Waals surface area contributed by atoms with Crippen molar-refractivity contribution < 1.29 is 18.0 Å². The van der Waals surface area contributed by atoms with Crippen molar-refractivity contribution in [1.82, 2.24) is 9.88 Å². The van der Waals surface area contributed by atoms with Crippen molar-refractivity contribution in [3.8, 4) is 0 Å². The number of aryl methyl sites for hydroxylation is 1. The molecule has 1 aromatic heterocycles. The quantitative estimate of drug-likeness (QED) is 0.844. The number of unbranched alkanes of at least 4 members (excludes halogenated alkanes) is 1. The van der Waals surface area contributed by atoms with Gasteiger partial charge in [0, 0.05) is 43.8 Å². The lowest BCUT2D eigenvalue weighted by Crippen LogP contribution is -2.28. The molecule has 0 atom stereocenters. The molecule has 1 aromatic rings. The number of nitrogens with zero attached hydrogens (tertiary/aromatic N) is 2. The van der Waals surface area contributed by atoms with Crippen LogP contribution in [0, 0.1) is 0 Å². The molecule has 1 aliphatic heterocycles. The van der Waals surface area contributed by atoms with Crippen LogP contribution < -0.4 is 10.2 Å². The molecule has 2 rings (SSSR count). The molecule has 1 aliphatic rings. The highest BCUT2D eigenvalue weighted by Gasteiger charge is 2.37. The lowest BCUT2D eigenvalue weighted by molar-refractivity contribution is -0.165. The Morgan fingerprint density at radius 3 is 2.91 bits per heavy atom. The van der Waals surface area contributed by atoms with Crippen molar-refractivity contribution in [2.45, 2.75) is 38.9 Å². The fourth-order valence-electron chi connectivity index (χ4n) is 2.51. The minimum absolute atomic E-state index is 0.277. The Bertz CT molecular complexity index is 563. The van der Waals surface area contributed by atoms with Gasteiger partial charge in [0.25, 0.3) is 5.78 Å². The number of ketones is 1. The summed E-state index contributed by atoms with van der Waals surface area (Å²) < 4.78 is 39.3. The SMILES string of the molecule is CCCCn1ccc(N2CCCN/C(=C\C(=O)C(F)(F)F)C2)c1. The van der Waals surface area contributed by atoms with Gasteiger partial charge in [0.05, 0.1) is 12.2 Å². The topological polar surface area (TPSA) is 37.3 Å². The van der Waals surface area contributed by atoms with Gasteiger partial charge in [-0.25, -0.2) is 0 Å². The number of anilines is 1. The van der Waals surface area contributed by atoms with Gasteiger partial charge in [0.15, 0.2) is 0 Å². The fourth-order valence-corrected chi connectivity index (χ4v) is 2.51. The van der Waals surface area contributed by atoms with Crippen LogP contribution in [0.2, 0.25) is 0 Å². The molecule has 0 spiro atoms. The summed E-state index contributed by atoms with van der Waals surface area (Å²) >= 11 is 0. The van der Waals surface area contributed by atoms with Crippen LogP contribution in [0.1, 0.15) is 26.2 Å². The van der Waals surface area contributed by atoms with E-state index < -0.39 is 12.0 Å². The van der Waals surface area contributed by atoms with Gasteiger partial charge in [-0.05, 0) is 18.9 Å². The summed E-state index contributed by atoms with van der Waals surface area (Å²) in [7, 11) is 0. The second kappa shape index (κ2) is 7.57. The average Bonchev–Trinajstić information content (AvgIpc) is 2.83. The maximum atomic E-state index is 12.4. The summed E-state index contributed by atoms with van der Waals surface area (Å²) in [4.78, 5) is 13.1. The number of carbonyl (C=O) groups excluding carboxylic acids is 1. The van der Waals surface area contributed by atoms with Gasteiger partial charge in [0.1, 0.15) is 0 Å². The smallest absolute Gasteiger partial charge is 0.387 e. The lowest BCUT2D eigenvalue weighted by atomic mass is 10.2. The maximum Gasteiger partial charge on any atom is 0.454 e. The molecule has 0 radical (unpaired) electrons. The summed E-state index contributed by atoms with van der Waals surface area (Å²) in [5.74, 6) is -1.82. The zero-order valence-electron chi connectivity index (χ0n) is 13.2. The van der Waals surface area contributed by atoms with Crippen molar-refractivity contribution in [3.63, 3.8) is 0 Å². The summed E-state index contributed by atoms with van der Waals surface area (Å²) in [5, 5.41) is 2.92. The number of halogens is 3. The molecule has 1 N–H and O–H groups in total. The first kappa shape index (κ1) is 17.4. The number of allylic oxidation sites excluding steroid dienone is 1. The van der Waals surface area contributed by atoms with E-state index in [4.69, 9.17) is 0 Å². The predicted octanol–water partition coefficient (Wildman–Crippen LogP) is 3.10. The lowest BCUT2D eigenvalue weighted by Gasteiger charge is -2.21. The summed E-state index contributed by atoms with van der Waals surface area (Å²) in [6, 6.07) is 1.96. The first-order valence-electron chi connectivity index (χ1n) is 7.86. The summed E-state index contributed by atoms with van der Waals surface area (Å²) in [5.41, 5.74) is 1.28. The number of alkyl halides is 3. The first-order valence-corrected chi connectivity index (χ1v) is 7.86. The molecular formula is C16H22F3N3O. The average molecular weight is 329 g/mol. The Balaban J connectivity index is 2.09. The molecule has 128 valence electrons. The Morgan fingerprint density at radius 2 is 2.22 bits per heavy atom. The number of hydrogen-bond donors (Lipinski definition) is 1. The Hall–Kier alpha value is -1.92. The van der Waals surface area contributed by atoms with E-state index in [2.05, 4.69) is 16.8 Å². The number of rotatable bonds is 5. The normalized spacial score (nSPS) is 17.9. The van der Waals surface area contributed by atoms with Crippen LogP contribution in [0.5, 0.6) is 0 Å². The highest BCUT2D eigenvalue weighted by atomic mass is 19.4. The van der Waals surface area contributed by atoms with Gasteiger partial charge in [-0.15, -0.1) is 0 Å². The molecule has 0 amide bonds. The second-order valence-corrected chi connectivity index (χ2v) is 5.69. The van der Waals surface area contributed by atoms with E-state index in [0.717, 1.165) is 38.0 Å². The predicted molar refractivity (Wildman–Crippen MR) is 83.3 cm³/mol. The van der Waals surface area contributed by atoms with Crippen molar-refractivity contribution in [1.29, 1.82) is 0 Å². The minimum atomic E-state index is -4.82. The number of aromatic nitrogens is 1. The molecule has 1 fully saturated rings. The molecule has 1 saturated heterocycles. The van der Waals surface area contributed by atoms with Crippen LogP contribution in [0.3, 0.4) is 0 Å². The molecule has 0 saturated carbocycles. The van der Waals surface area contributed by atoms with Gasteiger partial charge in [-0.3, -0.25) is 4.79 Å². The molecule has 0 aliphatic carbocycles. The molecule has 2 heterocycles. The van der Waals surface area contributed by atoms with Crippen LogP contribution in [-0.2, 0) is 11.3 Å². The summed E-state index contributed by atoms with van der Waals surface area (Å²) in [6.07, 6.45) is 2.83. The van der Waals surface area contributed by atoms with E-state index in [1.807, 2.05) is 23.4 Å². The zero-order valence-corrected chi connectivity index (χ0v) is 13.2. The third-order valence-corrected chi connectivity index (χ3v) is 3.77. The number of carbonyl (C=O) groups is 1. The van der Waals surface area contributed by atoms with Crippen molar-refractivity contribution in [2.24, 2.45) is 0 Å². The molecule has 0 unspecified atom stereocenters.